The lowest BCUT2D eigenvalue weighted by atomic mass is 10.3. The molecule has 0 atom stereocenters. The Kier molecular flexibility index (Phi) is 3.03. The van der Waals surface area contributed by atoms with Gasteiger partial charge in [0.2, 0.25) is 5.91 Å². The molecule has 1 amide bonds. The summed E-state index contributed by atoms with van der Waals surface area (Å²) < 4.78 is 0. The van der Waals surface area contributed by atoms with Crippen molar-refractivity contribution in [3.05, 3.63) is 30.0 Å². The van der Waals surface area contributed by atoms with Gasteiger partial charge in [-0.2, -0.15) is 0 Å². The number of hydrogen-bond acceptors (Lipinski definition) is 3. The number of rotatable bonds is 3. The maximum atomic E-state index is 10.4. The van der Waals surface area contributed by atoms with Gasteiger partial charge in [0.05, 0.1) is 5.69 Å². The molecule has 0 fully saturated rings. The molecule has 1 aromatic rings. The van der Waals surface area contributed by atoms with E-state index >= 15 is 0 Å². The number of pyridine rings is 1. The first-order valence-electron chi connectivity index (χ1n) is 3.86. The molecule has 4 N–H and O–H groups in total. The van der Waals surface area contributed by atoms with Crippen LogP contribution < -0.4 is 11.5 Å². The number of carbonyl (C=O) groups is 1. The average Bonchev–Trinajstić information content (AvgIpc) is 2.03. The van der Waals surface area contributed by atoms with Crippen molar-refractivity contribution in [3.63, 3.8) is 0 Å². The minimum atomic E-state index is -0.361. The molecule has 13 heavy (non-hydrogen) atoms. The summed E-state index contributed by atoms with van der Waals surface area (Å²) in [6, 6.07) is 5.30. The third kappa shape index (κ3) is 3.37. The Morgan fingerprint density at radius 3 is 2.92 bits per heavy atom. The Labute approximate surface area is 76.3 Å². The Morgan fingerprint density at radius 2 is 2.31 bits per heavy atom. The number of nitrogens with zero attached hydrogens (tertiary/aromatic N) is 1. The van der Waals surface area contributed by atoms with Gasteiger partial charge in [0.25, 0.3) is 0 Å². The lowest BCUT2D eigenvalue weighted by Gasteiger charge is -1.93. The van der Waals surface area contributed by atoms with Crippen LogP contribution in [0.1, 0.15) is 12.1 Å². The second-order valence-corrected chi connectivity index (χ2v) is 2.56. The van der Waals surface area contributed by atoms with Gasteiger partial charge in [-0.05, 0) is 18.2 Å². The van der Waals surface area contributed by atoms with Gasteiger partial charge < -0.3 is 11.5 Å². The molecule has 0 saturated carbocycles. The number of amides is 1. The van der Waals surface area contributed by atoms with E-state index in [1.165, 1.54) is 0 Å². The van der Waals surface area contributed by atoms with Crippen molar-refractivity contribution in [3.8, 4) is 0 Å². The summed E-state index contributed by atoms with van der Waals surface area (Å²) in [7, 11) is 0. The Morgan fingerprint density at radius 1 is 1.54 bits per heavy atom. The molecule has 4 heteroatoms. The number of primary amides is 1. The number of nitrogens with two attached hydrogens (primary N) is 2. The summed E-state index contributed by atoms with van der Waals surface area (Å²) in [5, 5.41) is 0. The van der Waals surface area contributed by atoms with Crippen molar-refractivity contribution >= 4 is 17.8 Å². The van der Waals surface area contributed by atoms with Crippen molar-refractivity contribution in [1.29, 1.82) is 0 Å². The van der Waals surface area contributed by atoms with Crippen LogP contribution in [0, 0.1) is 0 Å². The first-order valence-corrected chi connectivity index (χ1v) is 3.86. The highest BCUT2D eigenvalue weighted by atomic mass is 16.1. The molecule has 0 unspecified atom stereocenters. The second-order valence-electron chi connectivity index (χ2n) is 2.56. The molecule has 0 aliphatic heterocycles. The van der Waals surface area contributed by atoms with E-state index in [0.29, 0.717) is 5.82 Å². The standard InChI is InChI=1S/C9H11N3O/c10-8-5-1-3-7(12-8)4-2-6-9(11)13/h1-5H,6H2,(H2,10,12)(H2,11,13). The summed E-state index contributed by atoms with van der Waals surface area (Å²) in [6.45, 7) is 0. The topological polar surface area (TPSA) is 82.0 Å². The minimum Gasteiger partial charge on any atom is -0.384 e. The highest BCUT2D eigenvalue weighted by Crippen LogP contribution is 2.02. The summed E-state index contributed by atoms with van der Waals surface area (Å²) in [5.41, 5.74) is 11.1. The smallest absolute Gasteiger partial charge is 0.221 e. The van der Waals surface area contributed by atoms with Gasteiger partial charge in [-0.1, -0.05) is 12.1 Å². The van der Waals surface area contributed by atoms with E-state index in [1.807, 2.05) is 0 Å². The minimum absolute atomic E-state index is 0.219. The summed E-state index contributed by atoms with van der Waals surface area (Å²) in [6.07, 6.45) is 3.59. The molecule has 68 valence electrons. The van der Waals surface area contributed by atoms with E-state index in [0.717, 1.165) is 5.69 Å². The molecule has 0 saturated heterocycles. The highest BCUT2D eigenvalue weighted by Gasteiger charge is 1.90. The number of carbonyl (C=O) groups excluding carboxylic acids is 1. The molecule has 0 spiro atoms. The average molecular weight is 177 g/mol. The molecule has 0 aliphatic carbocycles. The van der Waals surface area contributed by atoms with Crippen LogP contribution in [0.5, 0.6) is 0 Å². The molecule has 0 aromatic carbocycles. The summed E-state index contributed by atoms with van der Waals surface area (Å²) >= 11 is 0. The van der Waals surface area contributed by atoms with Crippen LogP contribution in [0.2, 0.25) is 0 Å². The predicted octanol–water partition coefficient (Wildman–Crippen LogP) is 0.552. The zero-order valence-corrected chi connectivity index (χ0v) is 7.10. The molecule has 0 bridgehead atoms. The molecular weight excluding hydrogens is 166 g/mol. The van der Waals surface area contributed by atoms with Crippen molar-refractivity contribution in [2.24, 2.45) is 5.73 Å². The zero-order valence-electron chi connectivity index (χ0n) is 7.10. The van der Waals surface area contributed by atoms with Crippen LogP contribution in [0.25, 0.3) is 6.08 Å². The molecule has 1 heterocycles. The maximum absolute atomic E-state index is 10.4. The lowest BCUT2D eigenvalue weighted by Crippen LogP contribution is -2.07. The van der Waals surface area contributed by atoms with E-state index in [2.05, 4.69) is 4.98 Å². The van der Waals surface area contributed by atoms with Crippen molar-refractivity contribution < 1.29 is 4.79 Å². The zero-order chi connectivity index (χ0) is 9.68. The van der Waals surface area contributed by atoms with E-state index in [-0.39, 0.29) is 12.3 Å². The molecule has 1 rings (SSSR count). The van der Waals surface area contributed by atoms with Crippen LogP contribution >= 0.6 is 0 Å². The fourth-order valence-electron chi connectivity index (χ4n) is 0.858. The van der Waals surface area contributed by atoms with Gasteiger partial charge >= 0.3 is 0 Å². The Balaban J connectivity index is 2.63. The van der Waals surface area contributed by atoms with Crippen LogP contribution in [0.15, 0.2) is 24.3 Å². The van der Waals surface area contributed by atoms with Crippen LogP contribution in [0.4, 0.5) is 5.82 Å². The monoisotopic (exact) mass is 177 g/mol. The van der Waals surface area contributed by atoms with Gasteiger partial charge in [0, 0.05) is 6.42 Å². The third-order valence-corrected chi connectivity index (χ3v) is 1.40. The maximum Gasteiger partial charge on any atom is 0.221 e. The summed E-state index contributed by atoms with van der Waals surface area (Å²) in [5.74, 6) is 0.0985. The molecule has 0 aliphatic rings. The summed E-state index contributed by atoms with van der Waals surface area (Å²) in [4.78, 5) is 14.4. The Hall–Kier alpha value is -1.84. The molecule has 4 nitrogen and oxygen atoms in total. The van der Waals surface area contributed by atoms with Gasteiger partial charge in [-0.3, -0.25) is 4.79 Å². The Bertz CT molecular complexity index is 333. The fourth-order valence-corrected chi connectivity index (χ4v) is 0.858. The van der Waals surface area contributed by atoms with Gasteiger partial charge in [-0.15, -0.1) is 0 Å². The van der Waals surface area contributed by atoms with Gasteiger partial charge in [0.1, 0.15) is 5.82 Å². The predicted molar refractivity (Wildman–Crippen MR) is 51.5 cm³/mol. The van der Waals surface area contributed by atoms with Crippen LogP contribution in [0.3, 0.4) is 0 Å². The molecule has 1 aromatic heterocycles. The van der Waals surface area contributed by atoms with E-state index in [9.17, 15) is 4.79 Å². The number of nitrogen functional groups attached to an aromatic ring is 1. The van der Waals surface area contributed by atoms with Crippen molar-refractivity contribution in [2.75, 3.05) is 5.73 Å². The largest absolute Gasteiger partial charge is 0.384 e. The number of hydrogen-bond donors (Lipinski definition) is 2. The first kappa shape index (κ1) is 9.25. The van der Waals surface area contributed by atoms with E-state index in [1.54, 1.807) is 30.4 Å². The quantitative estimate of drug-likeness (QED) is 0.707. The number of aromatic nitrogens is 1. The second kappa shape index (κ2) is 4.25. The molecule has 0 radical (unpaired) electrons. The first-order chi connectivity index (χ1) is 6.18. The van der Waals surface area contributed by atoms with Gasteiger partial charge in [-0.25, -0.2) is 4.98 Å². The molecular formula is C9H11N3O. The third-order valence-electron chi connectivity index (χ3n) is 1.40. The van der Waals surface area contributed by atoms with E-state index in [4.69, 9.17) is 11.5 Å². The van der Waals surface area contributed by atoms with Gasteiger partial charge in [0.15, 0.2) is 0 Å². The van der Waals surface area contributed by atoms with Crippen molar-refractivity contribution in [1.82, 2.24) is 4.98 Å². The van der Waals surface area contributed by atoms with Crippen LogP contribution in [-0.4, -0.2) is 10.9 Å². The fraction of sp³-hybridized carbons (Fsp3) is 0.111. The number of anilines is 1. The van der Waals surface area contributed by atoms with Crippen LogP contribution in [-0.2, 0) is 4.79 Å². The lowest BCUT2D eigenvalue weighted by molar-refractivity contribution is -0.117. The van der Waals surface area contributed by atoms with E-state index < -0.39 is 0 Å². The normalized spacial score (nSPS) is 10.5. The van der Waals surface area contributed by atoms with Crippen molar-refractivity contribution in [2.45, 2.75) is 6.42 Å². The highest BCUT2D eigenvalue weighted by molar-refractivity contribution is 5.76. The SMILES string of the molecule is NC(=O)CC=Cc1cccc(N)n1.